The van der Waals surface area contributed by atoms with Crippen molar-refractivity contribution in [2.24, 2.45) is 5.73 Å². The monoisotopic (exact) mass is 225 g/mol. The standard InChI is InChI=1S/C12H16FNO2/c1-8-3-4-9(7-10(8)13)12(15)11(14)5-6-16-2/h3-4,7,11H,5-6,14H2,1-2H3. The molecule has 3 nitrogen and oxygen atoms in total. The van der Waals surface area contributed by atoms with Gasteiger partial charge in [0.15, 0.2) is 5.78 Å². The van der Waals surface area contributed by atoms with E-state index >= 15 is 0 Å². The molecule has 0 amide bonds. The summed E-state index contributed by atoms with van der Waals surface area (Å²) in [6.45, 7) is 2.07. The van der Waals surface area contributed by atoms with Crippen LogP contribution < -0.4 is 5.73 Å². The lowest BCUT2D eigenvalue weighted by molar-refractivity contribution is 0.0935. The maximum Gasteiger partial charge on any atom is 0.179 e. The second-order valence-corrected chi connectivity index (χ2v) is 3.72. The zero-order valence-corrected chi connectivity index (χ0v) is 9.50. The SMILES string of the molecule is COCCC(N)C(=O)c1ccc(C)c(F)c1. The molecule has 0 radical (unpaired) electrons. The number of carbonyl (C=O) groups excluding carboxylic acids is 1. The third kappa shape index (κ3) is 3.12. The Morgan fingerprint density at radius 3 is 2.81 bits per heavy atom. The van der Waals surface area contributed by atoms with Crippen molar-refractivity contribution >= 4 is 5.78 Å². The first-order chi connectivity index (χ1) is 7.56. The first-order valence-electron chi connectivity index (χ1n) is 5.11. The number of aryl methyl sites for hydroxylation is 1. The predicted octanol–water partition coefficient (Wildman–Crippen LogP) is 1.68. The molecule has 1 unspecified atom stereocenters. The van der Waals surface area contributed by atoms with Crippen LogP contribution in [-0.4, -0.2) is 25.5 Å². The van der Waals surface area contributed by atoms with Gasteiger partial charge in [-0.15, -0.1) is 0 Å². The summed E-state index contributed by atoms with van der Waals surface area (Å²) in [7, 11) is 1.54. The van der Waals surface area contributed by atoms with E-state index in [1.54, 1.807) is 26.2 Å². The predicted molar refractivity (Wildman–Crippen MR) is 59.9 cm³/mol. The zero-order valence-electron chi connectivity index (χ0n) is 9.50. The largest absolute Gasteiger partial charge is 0.385 e. The van der Waals surface area contributed by atoms with Gasteiger partial charge in [0.25, 0.3) is 0 Å². The van der Waals surface area contributed by atoms with Gasteiger partial charge in [0.05, 0.1) is 6.04 Å². The fourth-order valence-electron chi connectivity index (χ4n) is 1.34. The molecule has 4 heteroatoms. The Labute approximate surface area is 94.4 Å². The van der Waals surface area contributed by atoms with Crippen LogP contribution in [0.15, 0.2) is 18.2 Å². The highest BCUT2D eigenvalue weighted by atomic mass is 19.1. The Bertz CT molecular complexity index is 379. The Kier molecular flexibility index (Phi) is 4.58. The Hall–Kier alpha value is -1.26. The highest BCUT2D eigenvalue weighted by molar-refractivity contribution is 5.99. The molecule has 1 atom stereocenters. The quantitative estimate of drug-likeness (QED) is 0.776. The van der Waals surface area contributed by atoms with E-state index in [-0.39, 0.29) is 11.6 Å². The van der Waals surface area contributed by atoms with Crippen molar-refractivity contribution in [1.29, 1.82) is 0 Å². The van der Waals surface area contributed by atoms with Crippen molar-refractivity contribution < 1.29 is 13.9 Å². The Morgan fingerprint density at radius 2 is 2.25 bits per heavy atom. The van der Waals surface area contributed by atoms with Gasteiger partial charge in [-0.05, 0) is 25.0 Å². The van der Waals surface area contributed by atoms with Gasteiger partial charge in [0.1, 0.15) is 5.82 Å². The van der Waals surface area contributed by atoms with E-state index in [1.165, 1.54) is 6.07 Å². The number of ketones is 1. The minimum Gasteiger partial charge on any atom is -0.385 e. The molecule has 16 heavy (non-hydrogen) atoms. The summed E-state index contributed by atoms with van der Waals surface area (Å²) in [5.41, 5.74) is 6.50. The number of ether oxygens (including phenoxy) is 1. The fraction of sp³-hybridized carbons (Fsp3) is 0.417. The van der Waals surface area contributed by atoms with Crippen LogP contribution in [0.25, 0.3) is 0 Å². The molecule has 0 aliphatic carbocycles. The minimum absolute atomic E-state index is 0.254. The zero-order chi connectivity index (χ0) is 12.1. The van der Waals surface area contributed by atoms with Crippen LogP contribution in [0.5, 0.6) is 0 Å². The number of halogens is 1. The molecule has 0 aliphatic heterocycles. The van der Waals surface area contributed by atoms with Gasteiger partial charge in [-0.2, -0.15) is 0 Å². The van der Waals surface area contributed by atoms with Crippen LogP contribution in [0.2, 0.25) is 0 Å². The van der Waals surface area contributed by atoms with Crippen LogP contribution in [0.4, 0.5) is 4.39 Å². The van der Waals surface area contributed by atoms with E-state index in [0.717, 1.165) is 0 Å². The lowest BCUT2D eigenvalue weighted by atomic mass is 10.0. The molecule has 0 heterocycles. The third-order valence-corrected chi connectivity index (χ3v) is 2.43. The number of benzene rings is 1. The molecule has 1 aromatic carbocycles. The van der Waals surface area contributed by atoms with Gasteiger partial charge in [-0.1, -0.05) is 12.1 Å². The molecule has 0 aromatic heterocycles. The number of hydrogen-bond acceptors (Lipinski definition) is 3. The number of rotatable bonds is 5. The van der Waals surface area contributed by atoms with E-state index in [0.29, 0.717) is 24.2 Å². The molecule has 0 bridgehead atoms. The van der Waals surface area contributed by atoms with Crippen molar-refractivity contribution in [3.8, 4) is 0 Å². The topological polar surface area (TPSA) is 52.3 Å². The average Bonchev–Trinajstić information content (AvgIpc) is 2.28. The van der Waals surface area contributed by atoms with Crippen LogP contribution >= 0.6 is 0 Å². The van der Waals surface area contributed by atoms with E-state index in [9.17, 15) is 9.18 Å². The molecular weight excluding hydrogens is 209 g/mol. The van der Waals surface area contributed by atoms with Crippen LogP contribution in [0.3, 0.4) is 0 Å². The van der Waals surface area contributed by atoms with Crippen molar-refractivity contribution in [2.75, 3.05) is 13.7 Å². The van der Waals surface area contributed by atoms with Crippen molar-refractivity contribution in [3.63, 3.8) is 0 Å². The maximum absolute atomic E-state index is 13.2. The molecule has 0 saturated heterocycles. The first kappa shape index (κ1) is 12.8. The van der Waals surface area contributed by atoms with Gasteiger partial charge in [0.2, 0.25) is 0 Å². The number of nitrogens with two attached hydrogens (primary N) is 1. The van der Waals surface area contributed by atoms with E-state index in [2.05, 4.69) is 0 Å². The molecule has 88 valence electrons. The lowest BCUT2D eigenvalue weighted by Gasteiger charge is -2.10. The summed E-state index contributed by atoms with van der Waals surface area (Å²) in [5, 5.41) is 0. The molecule has 1 aromatic rings. The molecule has 1 rings (SSSR count). The van der Waals surface area contributed by atoms with Crippen LogP contribution in [0.1, 0.15) is 22.3 Å². The normalized spacial score (nSPS) is 12.5. The van der Waals surface area contributed by atoms with Gasteiger partial charge in [-0.25, -0.2) is 4.39 Å². The first-order valence-corrected chi connectivity index (χ1v) is 5.11. The summed E-state index contributed by atoms with van der Waals surface area (Å²) >= 11 is 0. The van der Waals surface area contributed by atoms with Gasteiger partial charge in [0, 0.05) is 19.3 Å². The van der Waals surface area contributed by atoms with E-state index < -0.39 is 6.04 Å². The maximum atomic E-state index is 13.2. The smallest absolute Gasteiger partial charge is 0.179 e. The molecule has 2 N–H and O–H groups in total. The molecular formula is C12H16FNO2. The van der Waals surface area contributed by atoms with E-state index in [4.69, 9.17) is 10.5 Å². The minimum atomic E-state index is -0.637. The summed E-state index contributed by atoms with van der Waals surface area (Å²) in [5.74, 6) is -0.638. The fourth-order valence-corrected chi connectivity index (χ4v) is 1.34. The molecule has 0 fully saturated rings. The van der Waals surface area contributed by atoms with Gasteiger partial charge >= 0.3 is 0 Å². The summed E-state index contributed by atoms with van der Waals surface area (Å²) < 4.78 is 18.1. The number of carbonyl (C=O) groups is 1. The van der Waals surface area contributed by atoms with Gasteiger partial charge in [-0.3, -0.25) is 4.79 Å². The summed E-state index contributed by atoms with van der Waals surface area (Å²) in [6, 6.07) is 3.76. The summed E-state index contributed by atoms with van der Waals surface area (Å²) in [4.78, 5) is 11.8. The highest BCUT2D eigenvalue weighted by Crippen LogP contribution is 2.11. The van der Waals surface area contributed by atoms with Crippen LogP contribution in [-0.2, 0) is 4.74 Å². The summed E-state index contributed by atoms with van der Waals surface area (Å²) in [6.07, 6.45) is 0.435. The molecule has 0 saturated carbocycles. The second kappa shape index (κ2) is 5.72. The lowest BCUT2D eigenvalue weighted by Crippen LogP contribution is -2.31. The Morgan fingerprint density at radius 1 is 1.56 bits per heavy atom. The molecule has 0 spiro atoms. The van der Waals surface area contributed by atoms with Gasteiger partial charge < -0.3 is 10.5 Å². The second-order valence-electron chi connectivity index (χ2n) is 3.72. The average molecular weight is 225 g/mol. The Balaban J connectivity index is 2.76. The van der Waals surface area contributed by atoms with E-state index in [1.807, 2.05) is 0 Å². The third-order valence-electron chi connectivity index (χ3n) is 2.43. The van der Waals surface area contributed by atoms with Crippen molar-refractivity contribution in [2.45, 2.75) is 19.4 Å². The van der Waals surface area contributed by atoms with Crippen molar-refractivity contribution in [1.82, 2.24) is 0 Å². The molecule has 0 aliphatic rings. The number of hydrogen-bond donors (Lipinski definition) is 1. The highest BCUT2D eigenvalue weighted by Gasteiger charge is 2.16. The van der Waals surface area contributed by atoms with Crippen LogP contribution in [0, 0.1) is 12.7 Å². The van der Waals surface area contributed by atoms with Crippen molar-refractivity contribution in [3.05, 3.63) is 35.1 Å². The number of methoxy groups -OCH3 is 1. The number of Topliss-reactive ketones (excluding diaryl/α,β-unsaturated/α-hetero) is 1.